The zero-order valence-corrected chi connectivity index (χ0v) is 15.9. The summed E-state index contributed by atoms with van der Waals surface area (Å²) in [6.45, 7) is 1.39. The third-order valence-corrected chi connectivity index (χ3v) is 6.27. The van der Waals surface area contributed by atoms with E-state index in [1.807, 2.05) is 30.3 Å². The lowest BCUT2D eigenvalue weighted by Crippen LogP contribution is -2.49. The Morgan fingerprint density at radius 1 is 1.11 bits per heavy atom. The van der Waals surface area contributed by atoms with Crippen LogP contribution in [0, 0.1) is 11.7 Å². The van der Waals surface area contributed by atoms with Gasteiger partial charge in [-0.15, -0.1) is 0 Å². The summed E-state index contributed by atoms with van der Waals surface area (Å²) < 4.78 is 18.7. The molecule has 1 aliphatic carbocycles. The summed E-state index contributed by atoms with van der Waals surface area (Å²) >= 11 is 0. The van der Waals surface area contributed by atoms with E-state index in [9.17, 15) is 14.3 Å². The average Bonchev–Trinajstić information content (AvgIpc) is 3.55. The van der Waals surface area contributed by atoms with Gasteiger partial charge in [0.05, 0.1) is 12.0 Å². The van der Waals surface area contributed by atoms with Gasteiger partial charge >= 0.3 is 0 Å². The lowest BCUT2D eigenvalue weighted by molar-refractivity contribution is -0.126. The normalized spacial score (nSPS) is 20.9. The lowest BCUT2D eigenvalue weighted by Gasteiger charge is -2.39. The number of rotatable bonds is 6. The van der Waals surface area contributed by atoms with Crippen molar-refractivity contribution >= 4 is 5.91 Å². The molecule has 0 aromatic heterocycles. The predicted molar refractivity (Wildman–Crippen MR) is 104 cm³/mol. The molecular formula is C23H26FNO3. The van der Waals surface area contributed by atoms with Gasteiger partial charge in [-0.3, -0.25) is 4.79 Å². The van der Waals surface area contributed by atoms with Crippen LogP contribution in [0.4, 0.5) is 4.39 Å². The Labute approximate surface area is 164 Å². The van der Waals surface area contributed by atoms with Crippen molar-refractivity contribution in [2.45, 2.75) is 36.7 Å². The molecule has 1 saturated carbocycles. The van der Waals surface area contributed by atoms with Crippen LogP contribution in [0.2, 0.25) is 0 Å². The van der Waals surface area contributed by atoms with E-state index in [-0.39, 0.29) is 24.2 Å². The molecule has 1 aliphatic heterocycles. The molecule has 148 valence electrons. The zero-order valence-electron chi connectivity index (χ0n) is 15.9. The van der Waals surface area contributed by atoms with E-state index in [2.05, 4.69) is 5.32 Å². The van der Waals surface area contributed by atoms with Crippen molar-refractivity contribution in [3.05, 3.63) is 71.5 Å². The maximum Gasteiger partial charge on any atom is 0.230 e. The highest BCUT2D eigenvalue weighted by Gasteiger charge is 2.52. The maximum atomic E-state index is 13.3. The minimum atomic E-state index is -1.14. The third-order valence-electron chi connectivity index (χ3n) is 6.27. The molecule has 2 aromatic rings. The van der Waals surface area contributed by atoms with Crippen LogP contribution in [0.3, 0.4) is 0 Å². The molecule has 0 unspecified atom stereocenters. The van der Waals surface area contributed by atoms with Gasteiger partial charge in [-0.25, -0.2) is 4.39 Å². The van der Waals surface area contributed by atoms with E-state index in [1.54, 1.807) is 12.1 Å². The van der Waals surface area contributed by atoms with E-state index in [0.717, 1.165) is 36.8 Å². The number of aliphatic hydroxyl groups is 1. The first-order chi connectivity index (χ1) is 13.5. The molecule has 28 heavy (non-hydrogen) atoms. The molecule has 0 radical (unpaired) electrons. The zero-order chi connectivity index (χ0) is 19.6. The molecular weight excluding hydrogens is 357 g/mol. The van der Waals surface area contributed by atoms with Crippen LogP contribution in [-0.2, 0) is 20.5 Å². The van der Waals surface area contributed by atoms with E-state index >= 15 is 0 Å². The van der Waals surface area contributed by atoms with Crippen molar-refractivity contribution in [1.82, 2.24) is 5.32 Å². The van der Waals surface area contributed by atoms with Crippen molar-refractivity contribution in [3.63, 3.8) is 0 Å². The summed E-state index contributed by atoms with van der Waals surface area (Å²) in [7, 11) is 0. The molecule has 1 heterocycles. The minimum Gasteiger partial charge on any atom is -0.383 e. The molecule has 1 amide bonds. The van der Waals surface area contributed by atoms with E-state index in [4.69, 9.17) is 4.74 Å². The number of ether oxygens (including phenoxy) is 1. The van der Waals surface area contributed by atoms with Crippen LogP contribution in [0.1, 0.15) is 36.8 Å². The van der Waals surface area contributed by atoms with Crippen LogP contribution in [0.5, 0.6) is 0 Å². The third kappa shape index (κ3) is 3.56. The number of halogens is 1. The largest absolute Gasteiger partial charge is 0.383 e. The fraction of sp³-hybridized carbons (Fsp3) is 0.435. The van der Waals surface area contributed by atoms with Crippen molar-refractivity contribution < 1.29 is 19.0 Å². The predicted octanol–water partition coefficient (Wildman–Crippen LogP) is 3.29. The van der Waals surface area contributed by atoms with Crippen LogP contribution in [0.25, 0.3) is 0 Å². The monoisotopic (exact) mass is 383 g/mol. The Hall–Kier alpha value is -2.24. The molecule has 4 rings (SSSR count). The lowest BCUT2D eigenvalue weighted by atomic mass is 9.77. The summed E-state index contributed by atoms with van der Waals surface area (Å²) in [4.78, 5) is 13.0. The summed E-state index contributed by atoms with van der Waals surface area (Å²) in [5.74, 6) is -0.386. The summed E-state index contributed by atoms with van der Waals surface area (Å²) in [5, 5.41) is 14.6. The maximum absolute atomic E-state index is 13.3. The van der Waals surface area contributed by atoms with Gasteiger partial charge in [0.25, 0.3) is 0 Å². The number of nitrogens with one attached hydrogen (secondary N) is 1. The Kier molecular flexibility index (Phi) is 5.21. The first-order valence-corrected chi connectivity index (χ1v) is 9.95. The number of amides is 1. The highest BCUT2D eigenvalue weighted by Crippen LogP contribution is 2.48. The Balaban J connectivity index is 1.53. The summed E-state index contributed by atoms with van der Waals surface area (Å²) in [6.07, 6.45) is 2.99. The van der Waals surface area contributed by atoms with Crippen LogP contribution >= 0.6 is 0 Å². The molecule has 2 aliphatic rings. The van der Waals surface area contributed by atoms with E-state index in [0.29, 0.717) is 13.2 Å². The van der Waals surface area contributed by atoms with Gasteiger partial charge in [-0.1, -0.05) is 42.5 Å². The molecule has 4 nitrogen and oxygen atoms in total. The van der Waals surface area contributed by atoms with E-state index < -0.39 is 11.0 Å². The van der Waals surface area contributed by atoms with E-state index in [1.165, 1.54) is 12.1 Å². The number of hydrogen-bond acceptors (Lipinski definition) is 3. The molecule has 2 aromatic carbocycles. The second-order valence-corrected chi connectivity index (χ2v) is 7.95. The highest BCUT2D eigenvalue weighted by molar-refractivity contribution is 5.91. The number of carbonyl (C=O) groups is 1. The second-order valence-electron chi connectivity index (χ2n) is 7.95. The first-order valence-electron chi connectivity index (χ1n) is 9.95. The van der Waals surface area contributed by atoms with Crippen molar-refractivity contribution in [1.29, 1.82) is 0 Å². The molecule has 2 N–H and O–H groups in total. The Bertz CT molecular complexity index is 814. The first kappa shape index (κ1) is 19.1. The quantitative estimate of drug-likeness (QED) is 0.805. The van der Waals surface area contributed by atoms with Crippen molar-refractivity contribution in [2.24, 2.45) is 5.92 Å². The molecule has 0 spiro atoms. The summed E-state index contributed by atoms with van der Waals surface area (Å²) in [6, 6.07) is 15.7. The molecule has 0 bridgehead atoms. The van der Waals surface area contributed by atoms with Gasteiger partial charge in [0.1, 0.15) is 11.4 Å². The second kappa shape index (κ2) is 7.64. The van der Waals surface area contributed by atoms with Crippen LogP contribution in [-0.4, -0.2) is 30.8 Å². The molecule has 1 atom stereocenters. The minimum absolute atomic E-state index is 0.0184. The standard InChI is InChI=1S/C23H26FNO3/c24-20-8-6-17(7-9-20)22(12-13-22)21(26)25-16-23(27,18-4-2-1-3-5-18)19-10-14-28-15-11-19/h1-9,19,27H,10-16H2,(H,25,26)/t23-/m1/s1. The molecule has 2 fully saturated rings. The Morgan fingerprint density at radius 3 is 2.36 bits per heavy atom. The number of benzene rings is 2. The average molecular weight is 383 g/mol. The van der Waals surface area contributed by atoms with Gasteiger partial charge < -0.3 is 15.2 Å². The topological polar surface area (TPSA) is 58.6 Å². The highest BCUT2D eigenvalue weighted by atomic mass is 19.1. The van der Waals surface area contributed by atoms with Gasteiger partial charge in [0.15, 0.2) is 0 Å². The van der Waals surface area contributed by atoms with Crippen LogP contribution < -0.4 is 5.32 Å². The summed E-state index contributed by atoms with van der Waals surface area (Å²) in [5.41, 5.74) is -0.0878. The number of carbonyl (C=O) groups excluding carboxylic acids is 1. The molecule has 1 saturated heterocycles. The fourth-order valence-corrected chi connectivity index (χ4v) is 4.31. The van der Waals surface area contributed by atoms with Crippen molar-refractivity contribution in [2.75, 3.05) is 19.8 Å². The van der Waals surface area contributed by atoms with Crippen LogP contribution in [0.15, 0.2) is 54.6 Å². The van der Waals surface area contributed by atoms with Gasteiger partial charge in [0.2, 0.25) is 5.91 Å². The van der Waals surface area contributed by atoms with Gasteiger partial charge in [-0.05, 0) is 54.9 Å². The van der Waals surface area contributed by atoms with Gasteiger partial charge in [0, 0.05) is 13.2 Å². The fourth-order valence-electron chi connectivity index (χ4n) is 4.31. The SMILES string of the molecule is O=C(NC[C@@](O)(c1ccccc1)C1CCOCC1)C1(c2ccc(F)cc2)CC1. The van der Waals surface area contributed by atoms with Gasteiger partial charge in [-0.2, -0.15) is 0 Å². The number of hydrogen-bond donors (Lipinski definition) is 2. The molecule has 5 heteroatoms. The Morgan fingerprint density at radius 2 is 1.75 bits per heavy atom. The van der Waals surface area contributed by atoms with Crippen molar-refractivity contribution in [3.8, 4) is 0 Å². The smallest absolute Gasteiger partial charge is 0.230 e.